The van der Waals surface area contributed by atoms with Gasteiger partial charge in [0.25, 0.3) is 0 Å². The molecule has 1 aliphatic carbocycles. The molecule has 2 aromatic rings. The minimum atomic E-state index is 0.0322. The zero-order chi connectivity index (χ0) is 15.0. The van der Waals surface area contributed by atoms with Crippen LogP contribution in [0.25, 0.3) is 10.9 Å². The van der Waals surface area contributed by atoms with Gasteiger partial charge in [-0.15, -0.1) is 0 Å². The van der Waals surface area contributed by atoms with E-state index in [9.17, 15) is 9.59 Å². The summed E-state index contributed by atoms with van der Waals surface area (Å²) >= 11 is 0. The predicted octanol–water partition coefficient (Wildman–Crippen LogP) is 3.67. The van der Waals surface area contributed by atoms with Gasteiger partial charge in [-0.25, -0.2) is 0 Å². The van der Waals surface area contributed by atoms with Crippen LogP contribution in [0.15, 0.2) is 18.2 Å². The zero-order valence-corrected chi connectivity index (χ0v) is 12.5. The Morgan fingerprint density at radius 3 is 2.90 bits per heavy atom. The van der Waals surface area contributed by atoms with Crippen molar-refractivity contribution in [2.75, 3.05) is 5.32 Å². The molecule has 0 saturated heterocycles. The van der Waals surface area contributed by atoms with E-state index in [4.69, 9.17) is 0 Å². The third-order valence-electron chi connectivity index (χ3n) is 3.89. The first-order valence-electron chi connectivity index (χ1n) is 7.52. The summed E-state index contributed by atoms with van der Waals surface area (Å²) in [6, 6.07) is 5.79. The van der Waals surface area contributed by atoms with E-state index in [1.54, 1.807) is 0 Å². The molecule has 4 nitrogen and oxygen atoms in total. The third kappa shape index (κ3) is 2.71. The highest BCUT2D eigenvalue weighted by Crippen LogP contribution is 2.30. The monoisotopic (exact) mass is 284 g/mol. The Morgan fingerprint density at radius 2 is 2.14 bits per heavy atom. The summed E-state index contributed by atoms with van der Waals surface area (Å²) in [5.41, 5.74) is 3.62. The van der Waals surface area contributed by atoms with Gasteiger partial charge in [-0.1, -0.05) is 13.8 Å². The van der Waals surface area contributed by atoms with E-state index in [0.717, 1.165) is 40.7 Å². The maximum Gasteiger partial charge on any atom is 0.224 e. The highest BCUT2D eigenvalue weighted by Gasteiger charge is 2.22. The van der Waals surface area contributed by atoms with Crippen molar-refractivity contribution in [2.45, 2.75) is 39.5 Å². The number of amides is 1. The lowest BCUT2D eigenvalue weighted by Crippen LogP contribution is -2.13. The van der Waals surface area contributed by atoms with Crippen molar-refractivity contribution in [1.29, 1.82) is 0 Å². The van der Waals surface area contributed by atoms with E-state index in [1.807, 2.05) is 32.0 Å². The summed E-state index contributed by atoms with van der Waals surface area (Å²) in [6.45, 7) is 4.05. The number of aryl methyl sites for hydroxylation is 1. The summed E-state index contributed by atoms with van der Waals surface area (Å²) in [5, 5.41) is 3.99. The third-order valence-corrected chi connectivity index (χ3v) is 3.89. The molecule has 0 atom stereocenters. The average Bonchev–Trinajstić information content (AvgIpc) is 2.77. The summed E-state index contributed by atoms with van der Waals surface area (Å²) in [5.74, 6) is 0.564. The smallest absolute Gasteiger partial charge is 0.224 e. The van der Waals surface area contributed by atoms with Gasteiger partial charge in [0.1, 0.15) is 0 Å². The fourth-order valence-corrected chi connectivity index (χ4v) is 2.96. The predicted molar refractivity (Wildman–Crippen MR) is 83.7 cm³/mol. The average molecular weight is 284 g/mol. The van der Waals surface area contributed by atoms with Crippen LogP contribution in [-0.4, -0.2) is 16.7 Å². The number of carbonyl (C=O) groups is 2. The van der Waals surface area contributed by atoms with E-state index < -0.39 is 0 Å². The molecule has 4 heteroatoms. The van der Waals surface area contributed by atoms with Gasteiger partial charge in [-0.2, -0.15) is 0 Å². The van der Waals surface area contributed by atoms with E-state index in [2.05, 4.69) is 10.3 Å². The molecule has 0 bridgehead atoms. The number of hydrogen-bond acceptors (Lipinski definition) is 2. The van der Waals surface area contributed by atoms with Gasteiger partial charge in [0.15, 0.2) is 5.78 Å². The Balaban J connectivity index is 1.93. The number of nitrogens with one attached hydrogen (secondary N) is 2. The van der Waals surface area contributed by atoms with Crippen molar-refractivity contribution in [1.82, 2.24) is 4.98 Å². The molecule has 3 rings (SSSR count). The molecular weight excluding hydrogens is 264 g/mol. The molecule has 0 aliphatic heterocycles. The Labute approximate surface area is 123 Å². The first-order chi connectivity index (χ1) is 10.0. The fraction of sp³-hybridized carbons (Fsp3) is 0.412. The number of benzene rings is 1. The van der Waals surface area contributed by atoms with Crippen molar-refractivity contribution >= 4 is 28.3 Å². The quantitative estimate of drug-likeness (QED) is 0.903. The molecule has 1 aromatic heterocycles. The maximum absolute atomic E-state index is 11.9. The van der Waals surface area contributed by atoms with Crippen molar-refractivity contribution in [3.8, 4) is 0 Å². The number of aromatic nitrogens is 1. The molecule has 21 heavy (non-hydrogen) atoms. The lowest BCUT2D eigenvalue weighted by Gasteiger charge is -2.10. The minimum Gasteiger partial charge on any atom is -0.352 e. The number of hydrogen-bond donors (Lipinski definition) is 2. The summed E-state index contributed by atoms with van der Waals surface area (Å²) < 4.78 is 0. The number of rotatable bonds is 3. The number of anilines is 1. The molecule has 1 amide bonds. The molecule has 110 valence electrons. The Morgan fingerprint density at radius 1 is 1.33 bits per heavy atom. The zero-order valence-electron chi connectivity index (χ0n) is 12.5. The second-order valence-electron chi connectivity index (χ2n) is 6.16. The molecule has 0 spiro atoms. The summed E-state index contributed by atoms with van der Waals surface area (Å²) in [7, 11) is 0. The van der Waals surface area contributed by atoms with E-state index in [0.29, 0.717) is 18.8 Å². The van der Waals surface area contributed by atoms with Gasteiger partial charge in [-0.05, 0) is 42.5 Å². The van der Waals surface area contributed by atoms with Crippen LogP contribution in [-0.2, 0) is 11.2 Å². The highest BCUT2D eigenvalue weighted by molar-refractivity contribution is 6.04. The number of fused-ring (bicyclic) bond motifs is 3. The Hall–Kier alpha value is -2.10. The first kappa shape index (κ1) is 13.9. The standard InChI is InChI=1S/C17H20N2O2/c1-10(2)8-16(21)18-11-6-7-14-13(9-11)12-4-3-5-15(20)17(12)19-14/h6-7,9-10,19H,3-5,8H2,1-2H3,(H,18,21). The highest BCUT2D eigenvalue weighted by atomic mass is 16.1. The summed E-state index contributed by atoms with van der Waals surface area (Å²) in [4.78, 5) is 27.0. The Bertz CT molecular complexity index is 713. The van der Waals surface area contributed by atoms with Gasteiger partial charge in [0, 0.05) is 29.4 Å². The second kappa shape index (κ2) is 5.35. The number of aromatic amines is 1. The van der Waals surface area contributed by atoms with Crippen LogP contribution < -0.4 is 5.32 Å². The van der Waals surface area contributed by atoms with Gasteiger partial charge in [0.05, 0.1) is 5.69 Å². The van der Waals surface area contributed by atoms with Gasteiger partial charge < -0.3 is 10.3 Å². The van der Waals surface area contributed by atoms with E-state index >= 15 is 0 Å². The van der Waals surface area contributed by atoms with Crippen LogP contribution in [0.3, 0.4) is 0 Å². The lowest BCUT2D eigenvalue weighted by molar-refractivity contribution is -0.116. The molecular formula is C17H20N2O2. The first-order valence-corrected chi connectivity index (χ1v) is 7.52. The topological polar surface area (TPSA) is 62.0 Å². The Kier molecular flexibility index (Phi) is 3.53. The van der Waals surface area contributed by atoms with Gasteiger partial charge in [0.2, 0.25) is 5.91 Å². The van der Waals surface area contributed by atoms with Crippen LogP contribution in [0.5, 0.6) is 0 Å². The van der Waals surface area contributed by atoms with Crippen molar-refractivity contribution in [2.24, 2.45) is 5.92 Å². The van der Waals surface area contributed by atoms with Crippen LogP contribution in [0.4, 0.5) is 5.69 Å². The molecule has 0 radical (unpaired) electrons. The van der Waals surface area contributed by atoms with Crippen molar-refractivity contribution in [3.05, 3.63) is 29.5 Å². The van der Waals surface area contributed by atoms with Crippen LogP contribution in [0, 0.1) is 5.92 Å². The molecule has 0 unspecified atom stereocenters. The van der Waals surface area contributed by atoms with E-state index in [-0.39, 0.29) is 11.7 Å². The largest absolute Gasteiger partial charge is 0.352 e. The fourth-order valence-electron chi connectivity index (χ4n) is 2.96. The number of carbonyl (C=O) groups excluding carboxylic acids is 2. The number of Topliss-reactive ketones (excluding diaryl/α,β-unsaturated/α-hetero) is 1. The molecule has 1 aliphatic rings. The number of H-pyrrole nitrogens is 1. The van der Waals surface area contributed by atoms with Crippen LogP contribution in [0.2, 0.25) is 0 Å². The molecule has 1 heterocycles. The van der Waals surface area contributed by atoms with Crippen molar-refractivity contribution in [3.63, 3.8) is 0 Å². The second-order valence-corrected chi connectivity index (χ2v) is 6.16. The lowest BCUT2D eigenvalue weighted by atomic mass is 9.94. The van der Waals surface area contributed by atoms with Crippen molar-refractivity contribution < 1.29 is 9.59 Å². The minimum absolute atomic E-state index is 0.0322. The van der Waals surface area contributed by atoms with Crippen LogP contribution in [0.1, 0.15) is 49.2 Å². The molecule has 1 aromatic carbocycles. The van der Waals surface area contributed by atoms with Crippen LogP contribution >= 0.6 is 0 Å². The summed E-state index contributed by atoms with van der Waals surface area (Å²) in [6.07, 6.45) is 2.97. The molecule has 0 fully saturated rings. The molecule has 2 N–H and O–H groups in total. The normalized spacial score (nSPS) is 14.5. The number of ketones is 1. The maximum atomic E-state index is 11.9. The molecule has 0 saturated carbocycles. The van der Waals surface area contributed by atoms with Gasteiger partial charge in [-0.3, -0.25) is 9.59 Å². The van der Waals surface area contributed by atoms with Gasteiger partial charge >= 0.3 is 0 Å². The SMILES string of the molecule is CC(C)CC(=O)Nc1ccc2[nH]c3c(c2c1)CCCC3=O. The van der Waals surface area contributed by atoms with E-state index in [1.165, 1.54) is 0 Å².